The summed E-state index contributed by atoms with van der Waals surface area (Å²) in [6, 6.07) is 19.4. The number of nitrogens with one attached hydrogen (secondary N) is 3. The number of hydrogen-bond acceptors (Lipinski definition) is 4. The maximum Gasteiger partial charge on any atom is 0.405 e. The van der Waals surface area contributed by atoms with Gasteiger partial charge in [0.2, 0.25) is 5.91 Å². The molecule has 3 N–H and O–H groups in total. The number of benzene rings is 3. The second kappa shape index (κ2) is 11.8. The molecular formula is C30H28F3N7O2. The van der Waals surface area contributed by atoms with Crippen LogP contribution in [0.4, 0.5) is 23.7 Å². The zero-order valence-electron chi connectivity index (χ0n) is 22.8. The van der Waals surface area contributed by atoms with Crippen LogP contribution in [0.2, 0.25) is 0 Å². The van der Waals surface area contributed by atoms with E-state index in [2.05, 4.69) is 20.6 Å². The Hall–Kier alpha value is -5.13. The van der Waals surface area contributed by atoms with Gasteiger partial charge in [-0.1, -0.05) is 36.4 Å². The predicted molar refractivity (Wildman–Crippen MR) is 153 cm³/mol. The number of hydrogen-bond donors (Lipinski definition) is 3. The van der Waals surface area contributed by atoms with Gasteiger partial charge in [-0.25, -0.2) is 14.8 Å². The van der Waals surface area contributed by atoms with E-state index in [0.717, 1.165) is 33.5 Å². The van der Waals surface area contributed by atoms with E-state index in [4.69, 9.17) is 0 Å². The van der Waals surface area contributed by atoms with Gasteiger partial charge in [0.1, 0.15) is 18.7 Å². The second-order valence-electron chi connectivity index (χ2n) is 9.81. The Labute approximate surface area is 239 Å². The van der Waals surface area contributed by atoms with E-state index in [9.17, 15) is 22.8 Å². The van der Waals surface area contributed by atoms with Crippen LogP contribution in [0.15, 0.2) is 85.5 Å². The highest BCUT2D eigenvalue weighted by molar-refractivity contribution is 5.90. The molecule has 1 atom stereocenters. The summed E-state index contributed by atoms with van der Waals surface area (Å²) < 4.78 is 40.8. The van der Waals surface area contributed by atoms with E-state index < -0.39 is 18.8 Å². The van der Waals surface area contributed by atoms with Crippen molar-refractivity contribution in [2.24, 2.45) is 7.05 Å². The predicted octanol–water partition coefficient (Wildman–Crippen LogP) is 5.53. The monoisotopic (exact) mass is 575 g/mol. The average molecular weight is 576 g/mol. The minimum absolute atomic E-state index is 0.0843. The molecule has 0 fully saturated rings. The van der Waals surface area contributed by atoms with Gasteiger partial charge in [0, 0.05) is 30.8 Å². The van der Waals surface area contributed by atoms with E-state index in [1.807, 2.05) is 71.8 Å². The van der Waals surface area contributed by atoms with E-state index in [-0.39, 0.29) is 11.8 Å². The normalized spacial score (nSPS) is 12.2. The van der Waals surface area contributed by atoms with Crippen LogP contribution in [-0.4, -0.2) is 43.8 Å². The van der Waals surface area contributed by atoms with E-state index in [1.165, 1.54) is 0 Å². The third-order valence-electron chi connectivity index (χ3n) is 6.86. The average Bonchev–Trinajstić information content (AvgIpc) is 3.59. The highest BCUT2D eigenvalue weighted by Gasteiger charge is 2.27. The number of aryl methyl sites for hydroxylation is 1. The molecule has 0 saturated carbocycles. The molecule has 5 aromatic rings. The molecule has 42 heavy (non-hydrogen) atoms. The van der Waals surface area contributed by atoms with Crippen LogP contribution in [0.1, 0.15) is 24.2 Å². The Morgan fingerprint density at radius 1 is 0.952 bits per heavy atom. The largest absolute Gasteiger partial charge is 0.405 e. The van der Waals surface area contributed by atoms with Crippen LogP contribution < -0.4 is 16.0 Å². The van der Waals surface area contributed by atoms with Crippen molar-refractivity contribution in [3.63, 3.8) is 0 Å². The number of amides is 3. The van der Waals surface area contributed by atoms with Crippen molar-refractivity contribution in [2.45, 2.75) is 25.6 Å². The number of urea groups is 1. The zero-order valence-corrected chi connectivity index (χ0v) is 22.8. The van der Waals surface area contributed by atoms with Crippen LogP contribution in [-0.2, 0) is 18.4 Å². The molecular weight excluding hydrogens is 547 g/mol. The summed E-state index contributed by atoms with van der Waals surface area (Å²) in [5.41, 5.74) is 5.37. The molecule has 0 bridgehead atoms. The second-order valence-corrected chi connectivity index (χ2v) is 9.81. The van der Waals surface area contributed by atoms with Crippen molar-refractivity contribution in [1.29, 1.82) is 0 Å². The highest BCUT2D eigenvalue weighted by atomic mass is 19.4. The minimum atomic E-state index is -4.49. The first kappa shape index (κ1) is 28.4. The van der Waals surface area contributed by atoms with Crippen LogP contribution in [0, 0.1) is 0 Å². The van der Waals surface area contributed by atoms with Gasteiger partial charge in [0.05, 0.1) is 23.5 Å². The summed E-state index contributed by atoms with van der Waals surface area (Å²) in [4.78, 5) is 33.3. The molecule has 3 amide bonds. The maximum absolute atomic E-state index is 12.7. The highest BCUT2D eigenvalue weighted by Crippen LogP contribution is 2.28. The Balaban J connectivity index is 1.27. The van der Waals surface area contributed by atoms with Crippen LogP contribution in [0.25, 0.3) is 27.8 Å². The van der Waals surface area contributed by atoms with Crippen LogP contribution in [0.5, 0.6) is 0 Å². The van der Waals surface area contributed by atoms with Crippen molar-refractivity contribution in [2.75, 3.05) is 11.9 Å². The number of imidazole rings is 2. The van der Waals surface area contributed by atoms with E-state index >= 15 is 0 Å². The Morgan fingerprint density at radius 2 is 1.71 bits per heavy atom. The van der Waals surface area contributed by atoms with Gasteiger partial charge in [-0.2, -0.15) is 13.2 Å². The number of fused-ring (bicyclic) bond motifs is 1. The molecule has 5 rings (SSSR count). The fourth-order valence-corrected chi connectivity index (χ4v) is 4.49. The van der Waals surface area contributed by atoms with E-state index in [1.54, 1.807) is 42.1 Å². The molecule has 216 valence electrons. The minimum Gasteiger partial charge on any atom is -0.348 e. The topological polar surface area (TPSA) is 106 Å². The van der Waals surface area contributed by atoms with Gasteiger partial charge >= 0.3 is 12.2 Å². The number of nitrogens with zero attached hydrogens (tertiary/aromatic N) is 4. The number of alkyl halides is 3. The fraction of sp³-hybridized carbons (Fsp3) is 0.200. The van der Waals surface area contributed by atoms with Gasteiger partial charge in [0.25, 0.3) is 0 Å². The summed E-state index contributed by atoms with van der Waals surface area (Å²) >= 11 is 0. The Morgan fingerprint density at radius 3 is 2.43 bits per heavy atom. The molecule has 1 unspecified atom stereocenters. The SMILES string of the molecule is CC(C(=O)NCc1nccn1C)c1ccc(-c2ccc3c(c2)ncn3-c2cccc(NC(=O)NCC(F)(F)F)c2)cc1. The molecule has 2 heterocycles. The summed E-state index contributed by atoms with van der Waals surface area (Å²) in [7, 11) is 1.88. The quantitative estimate of drug-likeness (QED) is 0.226. The lowest BCUT2D eigenvalue weighted by Gasteiger charge is -2.13. The first-order valence-electron chi connectivity index (χ1n) is 13.1. The lowest BCUT2D eigenvalue weighted by Crippen LogP contribution is -2.36. The molecule has 0 spiro atoms. The van der Waals surface area contributed by atoms with Gasteiger partial charge in [-0.15, -0.1) is 0 Å². The number of halogens is 3. The van der Waals surface area contributed by atoms with Crippen molar-refractivity contribution in [1.82, 2.24) is 29.7 Å². The third-order valence-corrected chi connectivity index (χ3v) is 6.86. The van der Waals surface area contributed by atoms with Crippen molar-refractivity contribution in [3.05, 3.63) is 96.8 Å². The number of anilines is 1. The van der Waals surface area contributed by atoms with Crippen LogP contribution in [0.3, 0.4) is 0 Å². The first-order valence-corrected chi connectivity index (χ1v) is 13.1. The molecule has 0 radical (unpaired) electrons. The van der Waals surface area contributed by atoms with Gasteiger partial charge in [-0.3, -0.25) is 9.36 Å². The molecule has 0 aliphatic carbocycles. The van der Waals surface area contributed by atoms with Gasteiger partial charge in [-0.05, 0) is 53.9 Å². The summed E-state index contributed by atoms with van der Waals surface area (Å²) in [6.45, 7) is 0.799. The summed E-state index contributed by atoms with van der Waals surface area (Å²) in [5, 5.41) is 7.14. The zero-order chi connectivity index (χ0) is 29.9. The van der Waals surface area contributed by atoms with Crippen molar-refractivity contribution < 1.29 is 22.8 Å². The smallest absolute Gasteiger partial charge is 0.348 e. The van der Waals surface area contributed by atoms with Crippen molar-refractivity contribution in [3.8, 4) is 16.8 Å². The van der Waals surface area contributed by atoms with E-state index in [0.29, 0.717) is 17.9 Å². The molecule has 0 aliphatic rings. The maximum atomic E-state index is 12.7. The molecule has 2 aromatic heterocycles. The Kier molecular flexibility index (Phi) is 7.96. The lowest BCUT2D eigenvalue weighted by atomic mass is 9.96. The fourth-order valence-electron chi connectivity index (χ4n) is 4.49. The summed E-state index contributed by atoms with van der Waals surface area (Å²) in [5.74, 6) is 0.359. The lowest BCUT2D eigenvalue weighted by molar-refractivity contribution is -0.123. The molecule has 0 saturated heterocycles. The molecule has 3 aromatic carbocycles. The number of carbonyl (C=O) groups excluding carboxylic acids is 2. The first-order chi connectivity index (χ1) is 20.1. The number of rotatable bonds is 8. The molecule has 0 aliphatic heterocycles. The Bertz CT molecular complexity index is 1730. The number of carbonyl (C=O) groups is 2. The number of aromatic nitrogens is 4. The molecule has 9 nitrogen and oxygen atoms in total. The van der Waals surface area contributed by atoms with Crippen molar-refractivity contribution >= 4 is 28.7 Å². The van der Waals surface area contributed by atoms with Crippen LogP contribution >= 0.6 is 0 Å². The molecule has 12 heteroatoms. The van der Waals surface area contributed by atoms with Gasteiger partial charge < -0.3 is 20.5 Å². The standard InChI is InChI=1S/C30H28F3N7O2/c1-19(28(41)35-16-27-34-12-13-39(27)2)20-6-8-21(9-7-20)22-10-11-26-25(14-22)37-18-40(26)24-5-3-4-23(15-24)38-29(42)36-17-30(31,32)33/h3-15,18-19H,16-17H2,1-2H3,(H,35,41)(H2,36,38,42). The summed E-state index contributed by atoms with van der Waals surface area (Å²) in [6.07, 6.45) is 0.672. The van der Waals surface area contributed by atoms with Gasteiger partial charge in [0.15, 0.2) is 0 Å². The third kappa shape index (κ3) is 6.60.